The number of rotatable bonds is 6. The molecule has 1 aromatic carbocycles. The van der Waals surface area contributed by atoms with E-state index in [1.807, 2.05) is 12.1 Å². The summed E-state index contributed by atoms with van der Waals surface area (Å²) >= 11 is 6.41. The Kier molecular flexibility index (Phi) is 5.70. The molecule has 0 bridgehead atoms. The molecule has 2 rings (SSSR count). The van der Waals surface area contributed by atoms with Gasteiger partial charge >= 0.3 is 0 Å². The highest BCUT2D eigenvalue weighted by atomic mass is 35.5. The van der Waals surface area contributed by atoms with E-state index in [4.69, 9.17) is 16.3 Å². The predicted molar refractivity (Wildman–Crippen MR) is 90.1 cm³/mol. The van der Waals surface area contributed by atoms with Crippen LogP contribution in [0.5, 0.6) is 0 Å². The van der Waals surface area contributed by atoms with Crippen LogP contribution < -0.4 is 5.32 Å². The average Bonchev–Trinajstić information content (AvgIpc) is 2.74. The van der Waals surface area contributed by atoms with Crippen molar-refractivity contribution in [3.05, 3.63) is 34.9 Å². The molecule has 1 aromatic rings. The van der Waals surface area contributed by atoms with Gasteiger partial charge in [-0.15, -0.1) is 0 Å². The molecule has 1 aliphatic heterocycles. The Labute approximate surface area is 134 Å². The van der Waals surface area contributed by atoms with Gasteiger partial charge in [0.05, 0.1) is 11.7 Å². The molecule has 0 amide bonds. The molecule has 0 saturated carbocycles. The van der Waals surface area contributed by atoms with Crippen LogP contribution in [0.3, 0.4) is 0 Å². The number of hydrogen-bond donors (Lipinski definition) is 1. The first-order chi connectivity index (χ1) is 9.87. The molecule has 1 N–H and O–H groups in total. The van der Waals surface area contributed by atoms with Crippen molar-refractivity contribution in [2.45, 2.75) is 70.6 Å². The zero-order valence-corrected chi connectivity index (χ0v) is 14.4. The molecule has 0 aromatic heterocycles. The third kappa shape index (κ3) is 4.98. The maximum atomic E-state index is 6.41. The second-order valence-corrected chi connectivity index (χ2v) is 7.46. The summed E-state index contributed by atoms with van der Waals surface area (Å²) in [6.45, 7) is 9.67. The van der Waals surface area contributed by atoms with Crippen molar-refractivity contribution in [2.75, 3.05) is 6.54 Å². The van der Waals surface area contributed by atoms with Crippen molar-refractivity contribution in [3.8, 4) is 0 Å². The standard InChI is InChI=1S/C18H28ClNO/c1-13(2)20-12-14(16-7-5-6-8-17(16)19)11-15-9-10-18(3,4)21-15/h5-8,13-15,20H,9-12H2,1-4H3. The van der Waals surface area contributed by atoms with Crippen LogP contribution in [0.1, 0.15) is 58.4 Å². The summed E-state index contributed by atoms with van der Waals surface area (Å²) in [4.78, 5) is 0. The van der Waals surface area contributed by atoms with Gasteiger partial charge in [0.1, 0.15) is 0 Å². The monoisotopic (exact) mass is 309 g/mol. The van der Waals surface area contributed by atoms with E-state index in [-0.39, 0.29) is 5.60 Å². The Balaban J connectivity index is 2.07. The highest BCUT2D eigenvalue weighted by molar-refractivity contribution is 6.31. The van der Waals surface area contributed by atoms with Gasteiger partial charge < -0.3 is 10.1 Å². The molecule has 0 spiro atoms. The molecule has 1 aliphatic rings. The van der Waals surface area contributed by atoms with Gasteiger partial charge in [-0.2, -0.15) is 0 Å². The van der Waals surface area contributed by atoms with E-state index in [9.17, 15) is 0 Å². The molecule has 1 heterocycles. The molecule has 1 saturated heterocycles. The average molecular weight is 310 g/mol. The predicted octanol–water partition coefficient (Wildman–Crippen LogP) is 4.77. The van der Waals surface area contributed by atoms with Crippen molar-refractivity contribution >= 4 is 11.6 Å². The van der Waals surface area contributed by atoms with Gasteiger partial charge in [-0.1, -0.05) is 43.6 Å². The quantitative estimate of drug-likeness (QED) is 0.817. The van der Waals surface area contributed by atoms with Crippen LogP contribution in [0.4, 0.5) is 0 Å². The molecule has 1 fully saturated rings. The summed E-state index contributed by atoms with van der Waals surface area (Å²) in [5.74, 6) is 0.403. The SMILES string of the molecule is CC(C)NCC(CC1CCC(C)(C)O1)c1ccccc1Cl. The zero-order chi connectivity index (χ0) is 15.5. The van der Waals surface area contributed by atoms with Gasteiger partial charge in [0.2, 0.25) is 0 Å². The van der Waals surface area contributed by atoms with Gasteiger partial charge in [0, 0.05) is 23.5 Å². The van der Waals surface area contributed by atoms with Crippen LogP contribution in [0.15, 0.2) is 24.3 Å². The second kappa shape index (κ2) is 7.13. The molecular formula is C18H28ClNO. The van der Waals surface area contributed by atoms with Gasteiger partial charge in [0.15, 0.2) is 0 Å². The Hall–Kier alpha value is -0.570. The summed E-state index contributed by atoms with van der Waals surface area (Å²) in [5.41, 5.74) is 1.27. The van der Waals surface area contributed by atoms with Crippen LogP contribution in [0, 0.1) is 0 Å². The van der Waals surface area contributed by atoms with Gasteiger partial charge in [0.25, 0.3) is 0 Å². The summed E-state index contributed by atoms with van der Waals surface area (Å²) in [6.07, 6.45) is 3.67. The van der Waals surface area contributed by atoms with E-state index in [1.165, 1.54) is 5.56 Å². The topological polar surface area (TPSA) is 21.3 Å². The molecule has 2 atom stereocenters. The lowest BCUT2D eigenvalue weighted by Crippen LogP contribution is -2.30. The minimum absolute atomic E-state index is 0.0289. The Morgan fingerprint density at radius 3 is 2.62 bits per heavy atom. The van der Waals surface area contributed by atoms with E-state index in [1.54, 1.807) is 0 Å². The van der Waals surface area contributed by atoms with Crippen LogP contribution in [-0.4, -0.2) is 24.3 Å². The number of hydrogen-bond acceptors (Lipinski definition) is 2. The fourth-order valence-electron chi connectivity index (χ4n) is 3.07. The Morgan fingerprint density at radius 1 is 1.33 bits per heavy atom. The molecule has 0 aliphatic carbocycles. The first-order valence-corrected chi connectivity index (χ1v) is 8.41. The molecular weight excluding hydrogens is 282 g/mol. The van der Waals surface area contributed by atoms with Crippen LogP contribution >= 0.6 is 11.6 Å². The van der Waals surface area contributed by atoms with Crippen molar-refractivity contribution < 1.29 is 4.74 Å². The van der Waals surface area contributed by atoms with Crippen molar-refractivity contribution in [2.24, 2.45) is 0 Å². The highest BCUT2D eigenvalue weighted by Gasteiger charge is 2.33. The first-order valence-electron chi connectivity index (χ1n) is 8.03. The van der Waals surface area contributed by atoms with Crippen molar-refractivity contribution in [1.29, 1.82) is 0 Å². The number of benzene rings is 1. The normalized spacial score (nSPS) is 22.7. The van der Waals surface area contributed by atoms with Gasteiger partial charge in [-0.25, -0.2) is 0 Å². The largest absolute Gasteiger partial charge is 0.372 e. The fourth-order valence-corrected chi connectivity index (χ4v) is 3.36. The summed E-state index contributed by atoms with van der Waals surface area (Å²) in [5, 5.41) is 4.42. The molecule has 2 unspecified atom stereocenters. The van der Waals surface area contributed by atoms with Crippen LogP contribution in [0.2, 0.25) is 5.02 Å². The molecule has 2 nitrogen and oxygen atoms in total. The maximum absolute atomic E-state index is 6.41. The summed E-state index contributed by atoms with van der Waals surface area (Å²) in [7, 11) is 0. The Bertz CT molecular complexity index is 458. The van der Waals surface area contributed by atoms with E-state index in [0.29, 0.717) is 18.1 Å². The minimum Gasteiger partial charge on any atom is -0.372 e. The fraction of sp³-hybridized carbons (Fsp3) is 0.667. The van der Waals surface area contributed by atoms with Gasteiger partial charge in [-0.3, -0.25) is 0 Å². The van der Waals surface area contributed by atoms with E-state index in [0.717, 1.165) is 30.8 Å². The molecule has 3 heteroatoms. The summed E-state index contributed by atoms with van der Waals surface area (Å²) in [6, 6.07) is 8.68. The van der Waals surface area contributed by atoms with E-state index < -0.39 is 0 Å². The maximum Gasteiger partial charge on any atom is 0.0631 e. The molecule has 21 heavy (non-hydrogen) atoms. The van der Waals surface area contributed by atoms with Gasteiger partial charge in [-0.05, 0) is 44.7 Å². The number of ether oxygens (including phenoxy) is 1. The van der Waals surface area contributed by atoms with Crippen LogP contribution in [0.25, 0.3) is 0 Å². The van der Waals surface area contributed by atoms with Crippen molar-refractivity contribution in [1.82, 2.24) is 5.32 Å². The van der Waals surface area contributed by atoms with E-state index >= 15 is 0 Å². The second-order valence-electron chi connectivity index (χ2n) is 7.06. The molecule has 118 valence electrons. The number of halogens is 1. The lowest BCUT2D eigenvalue weighted by Gasteiger charge is -2.25. The van der Waals surface area contributed by atoms with E-state index in [2.05, 4.69) is 45.1 Å². The first kappa shape index (κ1) is 16.8. The third-order valence-corrected chi connectivity index (χ3v) is 4.56. The lowest BCUT2D eigenvalue weighted by molar-refractivity contribution is -0.0209. The lowest BCUT2D eigenvalue weighted by atomic mass is 9.91. The van der Waals surface area contributed by atoms with Crippen molar-refractivity contribution in [3.63, 3.8) is 0 Å². The highest BCUT2D eigenvalue weighted by Crippen LogP contribution is 2.36. The third-order valence-electron chi connectivity index (χ3n) is 4.22. The molecule has 0 radical (unpaired) electrons. The Morgan fingerprint density at radius 2 is 2.05 bits per heavy atom. The zero-order valence-electron chi connectivity index (χ0n) is 13.7. The number of nitrogens with one attached hydrogen (secondary N) is 1. The smallest absolute Gasteiger partial charge is 0.0631 e. The summed E-state index contributed by atoms with van der Waals surface area (Å²) < 4.78 is 6.18. The van der Waals surface area contributed by atoms with Crippen LogP contribution in [-0.2, 0) is 4.74 Å². The minimum atomic E-state index is 0.0289.